The van der Waals surface area contributed by atoms with Crippen LogP contribution in [0.2, 0.25) is 5.02 Å². The summed E-state index contributed by atoms with van der Waals surface area (Å²) in [6, 6.07) is 5.38. The molecule has 23 heavy (non-hydrogen) atoms. The number of carbonyl (C=O) groups is 1. The summed E-state index contributed by atoms with van der Waals surface area (Å²) < 4.78 is 10.6. The number of hydrogen-bond acceptors (Lipinski definition) is 6. The van der Waals surface area contributed by atoms with E-state index in [9.17, 15) is 4.79 Å². The molecule has 1 aromatic heterocycles. The Morgan fingerprint density at radius 2 is 2.39 bits per heavy atom. The van der Waals surface area contributed by atoms with Crippen LogP contribution in [0.15, 0.2) is 23.7 Å². The van der Waals surface area contributed by atoms with Crippen molar-refractivity contribution in [3.8, 4) is 5.75 Å². The number of nitrogens with zero attached hydrogens (tertiary/aromatic N) is 1. The van der Waals surface area contributed by atoms with Crippen LogP contribution in [-0.4, -0.2) is 30.7 Å². The number of rotatable bonds is 5. The predicted octanol–water partition coefficient (Wildman–Crippen LogP) is 2.97. The summed E-state index contributed by atoms with van der Waals surface area (Å²) in [5.41, 5.74) is 3.87. The minimum atomic E-state index is -0.386. The fourth-order valence-corrected chi connectivity index (χ4v) is 3.71. The van der Waals surface area contributed by atoms with E-state index in [0.717, 1.165) is 24.2 Å². The molecule has 1 aliphatic rings. The SMILES string of the molecule is CCOC(=O)COc1ccc(Cl)cc1[C@H]1NCCc2ncsc21. The van der Waals surface area contributed by atoms with E-state index in [1.54, 1.807) is 30.4 Å². The van der Waals surface area contributed by atoms with Gasteiger partial charge in [0, 0.05) is 28.4 Å². The van der Waals surface area contributed by atoms with Gasteiger partial charge in [-0.05, 0) is 25.1 Å². The summed E-state index contributed by atoms with van der Waals surface area (Å²) in [6.45, 7) is 2.82. The maximum absolute atomic E-state index is 11.5. The first-order valence-corrected chi connectivity index (χ1v) is 8.68. The van der Waals surface area contributed by atoms with Crippen LogP contribution < -0.4 is 10.1 Å². The molecule has 122 valence electrons. The Hall–Kier alpha value is -1.63. The van der Waals surface area contributed by atoms with E-state index in [2.05, 4.69) is 10.3 Å². The molecule has 1 aliphatic heterocycles. The molecule has 5 nitrogen and oxygen atoms in total. The Morgan fingerprint density at radius 3 is 3.22 bits per heavy atom. The van der Waals surface area contributed by atoms with E-state index >= 15 is 0 Å². The molecular weight excluding hydrogens is 336 g/mol. The van der Waals surface area contributed by atoms with E-state index in [1.807, 2.05) is 11.6 Å². The highest BCUT2D eigenvalue weighted by Gasteiger charge is 2.26. The van der Waals surface area contributed by atoms with Crippen molar-refractivity contribution in [3.05, 3.63) is 44.9 Å². The topological polar surface area (TPSA) is 60.5 Å². The normalized spacial score (nSPS) is 16.7. The second-order valence-corrected chi connectivity index (χ2v) is 6.40. The quantitative estimate of drug-likeness (QED) is 0.838. The Morgan fingerprint density at radius 1 is 1.52 bits per heavy atom. The molecule has 0 fully saturated rings. The van der Waals surface area contributed by atoms with E-state index < -0.39 is 0 Å². The van der Waals surface area contributed by atoms with Gasteiger partial charge in [-0.15, -0.1) is 11.3 Å². The Kier molecular flexibility index (Phi) is 5.15. The number of aromatic nitrogens is 1. The molecular formula is C16H17ClN2O3S. The highest BCUT2D eigenvalue weighted by Crippen LogP contribution is 2.37. The number of fused-ring (bicyclic) bond motifs is 1. The lowest BCUT2D eigenvalue weighted by atomic mass is 9.99. The van der Waals surface area contributed by atoms with Crippen molar-refractivity contribution in [2.45, 2.75) is 19.4 Å². The zero-order valence-electron chi connectivity index (χ0n) is 12.7. The lowest BCUT2D eigenvalue weighted by Gasteiger charge is -2.25. The van der Waals surface area contributed by atoms with E-state index in [4.69, 9.17) is 21.1 Å². The second kappa shape index (κ2) is 7.29. The average molecular weight is 353 g/mol. The lowest BCUT2D eigenvalue weighted by molar-refractivity contribution is -0.145. The molecule has 0 bridgehead atoms. The van der Waals surface area contributed by atoms with Gasteiger partial charge in [-0.3, -0.25) is 0 Å². The Bertz CT molecular complexity index is 704. The largest absolute Gasteiger partial charge is 0.482 e. The third-order valence-electron chi connectivity index (χ3n) is 3.58. The van der Waals surface area contributed by atoms with Crippen LogP contribution in [0.5, 0.6) is 5.75 Å². The van der Waals surface area contributed by atoms with Gasteiger partial charge < -0.3 is 14.8 Å². The van der Waals surface area contributed by atoms with Crippen molar-refractivity contribution < 1.29 is 14.3 Å². The Labute approximate surface area is 143 Å². The second-order valence-electron chi connectivity index (χ2n) is 5.08. The van der Waals surface area contributed by atoms with Gasteiger partial charge in [0.1, 0.15) is 5.75 Å². The fraction of sp³-hybridized carbons (Fsp3) is 0.375. The molecule has 0 aliphatic carbocycles. The molecule has 1 aromatic carbocycles. The molecule has 7 heteroatoms. The maximum Gasteiger partial charge on any atom is 0.344 e. The summed E-state index contributed by atoms with van der Waals surface area (Å²) in [6.07, 6.45) is 0.912. The van der Waals surface area contributed by atoms with Crippen molar-refractivity contribution >= 4 is 28.9 Å². The molecule has 2 aromatic rings. The van der Waals surface area contributed by atoms with Crippen molar-refractivity contribution in [3.63, 3.8) is 0 Å². The Balaban J connectivity index is 1.87. The number of ether oxygens (including phenoxy) is 2. The van der Waals surface area contributed by atoms with Gasteiger partial charge in [-0.2, -0.15) is 0 Å². The lowest BCUT2D eigenvalue weighted by Crippen LogP contribution is -2.30. The van der Waals surface area contributed by atoms with Crippen LogP contribution in [0, 0.1) is 0 Å². The summed E-state index contributed by atoms with van der Waals surface area (Å²) in [4.78, 5) is 17.1. The number of thiazole rings is 1. The van der Waals surface area contributed by atoms with E-state index in [-0.39, 0.29) is 18.6 Å². The third kappa shape index (κ3) is 3.65. The van der Waals surface area contributed by atoms with Crippen LogP contribution in [0.4, 0.5) is 0 Å². The summed E-state index contributed by atoms with van der Waals surface area (Å²) in [7, 11) is 0. The maximum atomic E-state index is 11.5. The van der Waals surface area contributed by atoms with E-state index in [1.165, 1.54) is 4.88 Å². The first kappa shape index (κ1) is 16.2. The number of benzene rings is 1. The molecule has 1 atom stereocenters. The molecule has 0 saturated carbocycles. The molecule has 0 radical (unpaired) electrons. The first-order chi connectivity index (χ1) is 11.2. The summed E-state index contributed by atoms with van der Waals surface area (Å²) in [5.74, 6) is 0.240. The van der Waals surface area contributed by atoms with Gasteiger partial charge in [0.15, 0.2) is 6.61 Å². The van der Waals surface area contributed by atoms with Gasteiger partial charge >= 0.3 is 5.97 Å². The molecule has 0 spiro atoms. The smallest absolute Gasteiger partial charge is 0.344 e. The fourth-order valence-electron chi connectivity index (χ4n) is 2.60. The van der Waals surface area contributed by atoms with Crippen molar-refractivity contribution in [1.29, 1.82) is 0 Å². The van der Waals surface area contributed by atoms with Crippen molar-refractivity contribution in [2.75, 3.05) is 19.8 Å². The monoisotopic (exact) mass is 352 g/mol. The minimum Gasteiger partial charge on any atom is -0.482 e. The predicted molar refractivity (Wildman–Crippen MR) is 89.2 cm³/mol. The van der Waals surface area contributed by atoms with Crippen LogP contribution in [-0.2, 0) is 16.0 Å². The van der Waals surface area contributed by atoms with Crippen LogP contribution in [0.1, 0.15) is 29.1 Å². The van der Waals surface area contributed by atoms with Gasteiger partial charge in [-0.25, -0.2) is 9.78 Å². The first-order valence-electron chi connectivity index (χ1n) is 7.42. The minimum absolute atomic E-state index is 0.0258. The molecule has 0 unspecified atom stereocenters. The molecule has 0 amide bonds. The summed E-state index contributed by atoms with van der Waals surface area (Å²) >= 11 is 7.77. The molecule has 0 saturated heterocycles. The highest BCUT2D eigenvalue weighted by molar-refractivity contribution is 7.09. The number of esters is 1. The highest BCUT2D eigenvalue weighted by atomic mass is 35.5. The van der Waals surface area contributed by atoms with Crippen LogP contribution in [0.25, 0.3) is 0 Å². The molecule has 1 N–H and O–H groups in total. The van der Waals surface area contributed by atoms with Gasteiger partial charge in [0.25, 0.3) is 0 Å². The van der Waals surface area contributed by atoms with Crippen molar-refractivity contribution in [2.24, 2.45) is 0 Å². The zero-order chi connectivity index (χ0) is 16.2. The number of carbonyl (C=O) groups excluding carboxylic acids is 1. The van der Waals surface area contributed by atoms with Crippen LogP contribution in [0.3, 0.4) is 0 Å². The van der Waals surface area contributed by atoms with Gasteiger partial charge in [0.05, 0.1) is 23.9 Å². The zero-order valence-corrected chi connectivity index (χ0v) is 14.2. The van der Waals surface area contributed by atoms with E-state index in [0.29, 0.717) is 17.4 Å². The third-order valence-corrected chi connectivity index (χ3v) is 4.75. The number of hydrogen-bond donors (Lipinski definition) is 1. The molecule has 2 heterocycles. The van der Waals surface area contributed by atoms with Crippen LogP contribution >= 0.6 is 22.9 Å². The average Bonchev–Trinajstić information content (AvgIpc) is 3.02. The van der Waals surface area contributed by atoms with Crippen molar-refractivity contribution in [1.82, 2.24) is 10.3 Å². The number of nitrogens with one attached hydrogen (secondary N) is 1. The van der Waals surface area contributed by atoms with Gasteiger partial charge in [-0.1, -0.05) is 11.6 Å². The number of halogens is 1. The van der Waals surface area contributed by atoms with Gasteiger partial charge in [0.2, 0.25) is 0 Å². The molecule has 3 rings (SSSR count). The standard InChI is InChI=1S/C16H17ClN2O3S/c1-2-21-14(20)8-22-13-4-3-10(17)7-11(13)15-16-12(5-6-18-15)19-9-23-16/h3-4,7,9,15,18H,2,5-6,8H2,1H3/t15-/m1/s1. The summed E-state index contributed by atoms with van der Waals surface area (Å²) in [5, 5.41) is 4.10.